The first-order chi connectivity index (χ1) is 16.9. The third kappa shape index (κ3) is 3.11. The van der Waals surface area contributed by atoms with E-state index in [9.17, 15) is 0 Å². The summed E-state index contributed by atoms with van der Waals surface area (Å²) in [5.74, 6) is 2.24. The molecule has 4 aliphatic heterocycles. The van der Waals surface area contributed by atoms with Crippen LogP contribution in [0.2, 0.25) is 0 Å². The van der Waals surface area contributed by atoms with Gasteiger partial charge in [0, 0.05) is 75.5 Å². The normalized spacial score (nSPS) is 20.8. The predicted octanol–water partition coefficient (Wildman–Crippen LogP) is 3.33. The maximum Gasteiger partial charge on any atom is 0.201 e. The smallest absolute Gasteiger partial charge is 0.201 e. The van der Waals surface area contributed by atoms with Crippen molar-refractivity contribution in [1.29, 1.82) is 0 Å². The van der Waals surface area contributed by atoms with Gasteiger partial charge in [-0.05, 0) is 49.9 Å². The predicted molar refractivity (Wildman–Crippen MR) is 138 cm³/mol. The highest BCUT2D eigenvalue weighted by Crippen LogP contribution is 2.36. The number of aliphatic imine (C=N–C) groups is 2. The van der Waals surface area contributed by atoms with Gasteiger partial charge in [0.25, 0.3) is 0 Å². The Labute approximate surface area is 199 Å². The Morgan fingerprint density at radius 1 is 0.529 bits per heavy atom. The molecule has 0 atom stereocenters. The Kier molecular flexibility index (Phi) is 4.77. The second-order valence-corrected chi connectivity index (χ2v) is 9.57. The summed E-state index contributed by atoms with van der Waals surface area (Å²) in [5, 5.41) is 2.29. The van der Waals surface area contributed by atoms with E-state index in [0.717, 1.165) is 112 Å². The first-order valence-electron chi connectivity index (χ1n) is 12.7. The number of nitrogens with zero attached hydrogens (tertiary/aromatic N) is 8. The maximum absolute atomic E-state index is 4.90. The molecule has 2 aromatic heterocycles. The van der Waals surface area contributed by atoms with Crippen molar-refractivity contribution in [2.45, 2.75) is 25.7 Å². The molecule has 0 unspecified atom stereocenters. The number of hydrogen-bond donors (Lipinski definition) is 0. The second kappa shape index (κ2) is 8.11. The van der Waals surface area contributed by atoms with Crippen molar-refractivity contribution in [1.82, 2.24) is 19.8 Å². The number of rotatable bonds is 2. The standard InChI is InChI=1S/C26H30N8/c1-9-29-25-31(13-1)15-3-17-33(25)21-7-11-27-23-19(21)5-6-20-22(8-12-28-24(20)23)34-18-4-16-32-14-2-10-30-26(32)34/h5-8,11-12H,1-4,9-10,13-18H2. The fourth-order valence-corrected chi connectivity index (χ4v) is 5.98. The summed E-state index contributed by atoms with van der Waals surface area (Å²) < 4.78 is 0. The number of pyridine rings is 2. The molecule has 1 aromatic carbocycles. The Morgan fingerprint density at radius 3 is 1.50 bits per heavy atom. The number of benzene rings is 1. The van der Waals surface area contributed by atoms with E-state index in [1.165, 1.54) is 11.4 Å². The van der Waals surface area contributed by atoms with Crippen LogP contribution >= 0.6 is 0 Å². The zero-order chi connectivity index (χ0) is 22.5. The summed E-state index contributed by atoms with van der Waals surface area (Å²) in [5.41, 5.74) is 4.30. The molecular weight excluding hydrogens is 424 g/mol. The fraction of sp³-hybridized carbons (Fsp3) is 0.462. The summed E-state index contributed by atoms with van der Waals surface area (Å²) in [6.45, 7) is 8.20. The van der Waals surface area contributed by atoms with Crippen molar-refractivity contribution in [3.8, 4) is 0 Å². The highest BCUT2D eigenvalue weighted by atomic mass is 15.4. The number of anilines is 2. The summed E-state index contributed by atoms with van der Waals surface area (Å²) in [7, 11) is 0. The molecule has 34 heavy (non-hydrogen) atoms. The molecule has 0 amide bonds. The number of hydrogen-bond acceptors (Lipinski definition) is 8. The van der Waals surface area contributed by atoms with Gasteiger partial charge >= 0.3 is 0 Å². The number of fused-ring (bicyclic) bond motifs is 5. The molecule has 7 rings (SSSR count). The molecule has 4 aliphatic rings. The van der Waals surface area contributed by atoms with Crippen LogP contribution in [0.3, 0.4) is 0 Å². The molecule has 8 heteroatoms. The average molecular weight is 455 g/mol. The highest BCUT2D eigenvalue weighted by Gasteiger charge is 2.30. The van der Waals surface area contributed by atoms with Gasteiger partial charge in [-0.2, -0.15) is 0 Å². The van der Waals surface area contributed by atoms with E-state index in [1.807, 2.05) is 12.4 Å². The first-order valence-corrected chi connectivity index (χ1v) is 12.7. The Balaban J connectivity index is 1.36. The van der Waals surface area contributed by atoms with Crippen molar-refractivity contribution < 1.29 is 0 Å². The third-order valence-corrected chi connectivity index (χ3v) is 7.50. The molecular formula is C26H30N8. The van der Waals surface area contributed by atoms with Crippen molar-refractivity contribution >= 4 is 45.1 Å². The van der Waals surface area contributed by atoms with E-state index in [1.54, 1.807) is 0 Å². The zero-order valence-corrected chi connectivity index (χ0v) is 19.5. The van der Waals surface area contributed by atoms with Crippen LogP contribution < -0.4 is 9.80 Å². The molecule has 0 aliphatic carbocycles. The van der Waals surface area contributed by atoms with Gasteiger partial charge in [-0.3, -0.25) is 20.0 Å². The topological polar surface area (TPSA) is 63.5 Å². The van der Waals surface area contributed by atoms with Crippen LogP contribution in [0.25, 0.3) is 21.8 Å². The number of guanidine groups is 2. The average Bonchev–Trinajstić information content (AvgIpc) is 2.91. The first kappa shape index (κ1) is 20.0. The van der Waals surface area contributed by atoms with Gasteiger partial charge in [0.05, 0.1) is 22.4 Å². The molecule has 0 saturated carbocycles. The van der Waals surface area contributed by atoms with Crippen molar-refractivity contribution in [3.05, 3.63) is 36.7 Å². The SMILES string of the molecule is c1cc(N2CCCN3CCCN=C32)c2ccc3c(N4CCCN5CCCN=C54)ccnc3c2n1. The Morgan fingerprint density at radius 2 is 1.00 bits per heavy atom. The minimum Gasteiger partial charge on any atom is -0.342 e. The van der Waals surface area contributed by atoms with E-state index < -0.39 is 0 Å². The minimum absolute atomic E-state index is 0.913. The second-order valence-electron chi connectivity index (χ2n) is 9.57. The lowest BCUT2D eigenvalue weighted by Crippen LogP contribution is -2.52. The quantitative estimate of drug-likeness (QED) is 0.554. The molecule has 0 bridgehead atoms. The fourth-order valence-electron chi connectivity index (χ4n) is 5.98. The van der Waals surface area contributed by atoms with Gasteiger partial charge in [-0.1, -0.05) is 0 Å². The van der Waals surface area contributed by atoms with Crippen molar-refractivity contribution in [3.63, 3.8) is 0 Å². The lowest BCUT2D eigenvalue weighted by molar-refractivity contribution is 0.360. The van der Waals surface area contributed by atoms with Crippen LogP contribution in [0.1, 0.15) is 25.7 Å². The Hall–Kier alpha value is -3.42. The van der Waals surface area contributed by atoms with Crippen LogP contribution in [0.15, 0.2) is 46.6 Å². The molecule has 2 fully saturated rings. The van der Waals surface area contributed by atoms with Crippen LogP contribution in [0.4, 0.5) is 11.4 Å². The van der Waals surface area contributed by atoms with Gasteiger partial charge in [-0.15, -0.1) is 0 Å². The molecule has 0 N–H and O–H groups in total. The van der Waals surface area contributed by atoms with Crippen molar-refractivity contribution in [2.75, 3.05) is 62.2 Å². The molecule has 6 heterocycles. The molecule has 0 radical (unpaired) electrons. The summed E-state index contributed by atoms with van der Waals surface area (Å²) in [4.78, 5) is 29.1. The van der Waals surface area contributed by atoms with Gasteiger partial charge in [0.2, 0.25) is 11.9 Å². The highest BCUT2D eigenvalue weighted by molar-refractivity contribution is 6.15. The van der Waals surface area contributed by atoms with Gasteiger partial charge in [-0.25, -0.2) is 0 Å². The number of aromatic nitrogens is 2. The van der Waals surface area contributed by atoms with Gasteiger partial charge in [0.1, 0.15) is 0 Å². The van der Waals surface area contributed by atoms with E-state index >= 15 is 0 Å². The molecule has 0 spiro atoms. The van der Waals surface area contributed by atoms with Crippen LogP contribution in [-0.4, -0.2) is 84.0 Å². The summed E-state index contributed by atoms with van der Waals surface area (Å²) >= 11 is 0. The van der Waals surface area contributed by atoms with Crippen LogP contribution in [-0.2, 0) is 0 Å². The lowest BCUT2D eigenvalue weighted by atomic mass is 10.1. The maximum atomic E-state index is 4.90. The van der Waals surface area contributed by atoms with Crippen LogP contribution in [0, 0.1) is 0 Å². The van der Waals surface area contributed by atoms with Crippen molar-refractivity contribution in [2.24, 2.45) is 9.98 Å². The lowest BCUT2D eigenvalue weighted by Gasteiger charge is -2.41. The van der Waals surface area contributed by atoms with Crippen LogP contribution in [0.5, 0.6) is 0 Å². The molecule has 174 valence electrons. The minimum atomic E-state index is 0.913. The van der Waals surface area contributed by atoms with E-state index in [-0.39, 0.29) is 0 Å². The Bertz CT molecular complexity index is 1210. The van der Waals surface area contributed by atoms with E-state index in [0.29, 0.717) is 0 Å². The van der Waals surface area contributed by atoms with E-state index in [2.05, 4.69) is 43.9 Å². The summed E-state index contributed by atoms with van der Waals surface area (Å²) in [6, 6.07) is 8.74. The molecule has 8 nitrogen and oxygen atoms in total. The van der Waals surface area contributed by atoms with Gasteiger partial charge in [0.15, 0.2) is 0 Å². The molecule has 2 saturated heterocycles. The molecule has 3 aromatic rings. The van der Waals surface area contributed by atoms with E-state index in [4.69, 9.17) is 20.0 Å². The third-order valence-electron chi connectivity index (χ3n) is 7.50. The zero-order valence-electron chi connectivity index (χ0n) is 19.5. The summed E-state index contributed by atoms with van der Waals surface area (Å²) in [6.07, 6.45) is 8.44. The monoisotopic (exact) mass is 454 g/mol. The largest absolute Gasteiger partial charge is 0.342 e. The van der Waals surface area contributed by atoms with Gasteiger partial charge < -0.3 is 19.6 Å².